The molecule has 0 aromatic heterocycles. The van der Waals surface area contributed by atoms with Gasteiger partial charge >= 0.3 is 0 Å². The van der Waals surface area contributed by atoms with Crippen LogP contribution in [0.1, 0.15) is 44.1 Å². The fraction of sp³-hybridized carbons (Fsp3) is 0.467. The normalized spacial score (nSPS) is 24.6. The Labute approximate surface area is 224 Å². The highest BCUT2D eigenvalue weighted by atomic mass is 16.7. The van der Waals surface area contributed by atoms with Crippen LogP contribution in [0.3, 0.4) is 0 Å². The Morgan fingerprint density at radius 1 is 1.11 bits per heavy atom. The largest absolute Gasteiger partial charge is 0.459 e. The fourth-order valence-electron chi connectivity index (χ4n) is 6.08. The predicted molar refractivity (Wildman–Crippen MR) is 144 cm³/mol. The van der Waals surface area contributed by atoms with Gasteiger partial charge in [-0.3, -0.25) is 9.59 Å². The summed E-state index contributed by atoms with van der Waals surface area (Å²) in [5.74, 6) is 0.0542. The summed E-state index contributed by atoms with van der Waals surface area (Å²) in [6.07, 6.45) is 3.79. The number of carbonyl (C=O) groups is 2. The van der Waals surface area contributed by atoms with Crippen LogP contribution in [0.4, 0.5) is 5.69 Å². The van der Waals surface area contributed by atoms with Gasteiger partial charge in [-0.1, -0.05) is 48.5 Å². The van der Waals surface area contributed by atoms with Crippen LogP contribution < -0.4 is 10.2 Å². The summed E-state index contributed by atoms with van der Waals surface area (Å²) in [7, 11) is 0. The van der Waals surface area contributed by atoms with Crippen molar-refractivity contribution in [3.8, 4) is 0 Å². The van der Waals surface area contributed by atoms with Gasteiger partial charge < -0.3 is 29.7 Å². The SMILES string of the molecule is CCO[C@H]1OC(C(=O)N2CCC3(CC2)C(=O)NCN3c2ccccc2)=C[C@@H](c2ccccc2)[C@@H]1CCCO. The number of para-hydroxylation sites is 1. The van der Waals surface area contributed by atoms with Crippen molar-refractivity contribution < 1.29 is 24.2 Å². The van der Waals surface area contributed by atoms with E-state index in [4.69, 9.17) is 9.47 Å². The molecule has 202 valence electrons. The maximum atomic E-state index is 13.8. The Morgan fingerprint density at radius 2 is 1.79 bits per heavy atom. The van der Waals surface area contributed by atoms with Crippen LogP contribution in [0.2, 0.25) is 0 Å². The van der Waals surface area contributed by atoms with Gasteiger partial charge in [0.15, 0.2) is 5.76 Å². The number of amides is 2. The van der Waals surface area contributed by atoms with Crippen molar-refractivity contribution in [1.29, 1.82) is 0 Å². The van der Waals surface area contributed by atoms with Crippen LogP contribution >= 0.6 is 0 Å². The van der Waals surface area contributed by atoms with Gasteiger partial charge in [0, 0.05) is 43.8 Å². The first kappa shape index (κ1) is 26.3. The first-order valence-electron chi connectivity index (χ1n) is 13.6. The van der Waals surface area contributed by atoms with Crippen molar-refractivity contribution >= 4 is 17.5 Å². The smallest absolute Gasteiger partial charge is 0.288 e. The van der Waals surface area contributed by atoms with Crippen molar-refractivity contribution in [2.24, 2.45) is 5.92 Å². The van der Waals surface area contributed by atoms with Crippen molar-refractivity contribution in [1.82, 2.24) is 10.2 Å². The number of hydrogen-bond donors (Lipinski definition) is 2. The lowest BCUT2D eigenvalue weighted by atomic mass is 9.80. The van der Waals surface area contributed by atoms with Gasteiger partial charge in [0.1, 0.15) is 5.54 Å². The van der Waals surface area contributed by atoms with Crippen LogP contribution in [0.25, 0.3) is 0 Å². The Morgan fingerprint density at radius 3 is 2.45 bits per heavy atom. The summed E-state index contributed by atoms with van der Waals surface area (Å²) in [6.45, 7) is 3.85. The molecule has 0 bridgehead atoms. The van der Waals surface area contributed by atoms with E-state index in [-0.39, 0.29) is 30.3 Å². The lowest BCUT2D eigenvalue weighted by Gasteiger charge is -2.44. The average Bonchev–Trinajstić information content (AvgIpc) is 3.27. The molecule has 3 aliphatic rings. The highest BCUT2D eigenvalue weighted by molar-refractivity contribution is 5.95. The van der Waals surface area contributed by atoms with Gasteiger partial charge in [0.2, 0.25) is 12.2 Å². The molecule has 3 atom stereocenters. The van der Waals surface area contributed by atoms with E-state index in [0.29, 0.717) is 51.4 Å². The van der Waals surface area contributed by atoms with Crippen LogP contribution in [-0.2, 0) is 19.1 Å². The van der Waals surface area contributed by atoms with E-state index < -0.39 is 11.8 Å². The lowest BCUT2D eigenvalue weighted by molar-refractivity contribution is -0.171. The molecule has 3 aliphatic heterocycles. The predicted octanol–water partition coefficient (Wildman–Crippen LogP) is 3.39. The first-order valence-corrected chi connectivity index (χ1v) is 13.6. The summed E-state index contributed by atoms with van der Waals surface area (Å²) < 4.78 is 12.2. The lowest BCUT2D eigenvalue weighted by Crippen LogP contribution is -2.57. The Bertz CT molecular complexity index is 1130. The monoisotopic (exact) mass is 519 g/mol. The number of aliphatic hydroxyl groups excluding tert-OH is 1. The molecule has 5 rings (SSSR count). The molecule has 1 spiro atoms. The molecular weight excluding hydrogens is 482 g/mol. The molecule has 0 saturated carbocycles. The van der Waals surface area contributed by atoms with Gasteiger partial charge in [-0.05, 0) is 56.4 Å². The second-order valence-electron chi connectivity index (χ2n) is 10.2. The zero-order chi connectivity index (χ0) is 26.5. The zero-order valence-corrected chi connectivity index (χ0v) is 21.9. The van der Waals surface area contributed by atoms with E-state index in [0.717, 1.165) is 17.7 Å². The number of nitrogens with one attached hydrogen (secondary N) is 1. The highest BCUT2D eigenvalue weighted by Crippen LogP contribution is 2.41. The third-order valence-electron chi connectivity index (χ3n) is 8.09. The van der Waals surface area contributed by atoms with Crippen molar-refractivity contribution in [2.75, 3.05) is 37.9 Å². The number of allylic oxidation sites excluding steroid dienone is 1. The molecular formula is C30H37N3O5. The number of benzene rings is 2. The average molecular weight is 520 g/mol. The summed E-state index contributed by atoms with van der Waals surface area (Å²) in [6, 6.07) is 20.0. The Kier molecular flexibility index (Phi) is 8.00. The number of piperidine rings is 1. The molecule has 2 amide bonds. The van der Waals surface area contributed by atoms with E-state index in [9.17, 15) is 14.7 Å². The maximum Gasteiger partial charge on any atom is 0.288 e. The second-order valence-corrected chi connectivity index (χ2v) is 10.2. The summed E-state index contributed by atoms with van der Waals surface area (Å²) in [4.78, 5) is 30.7. The van der Waals surface area contributed by atoms with Crippen molar-refractivity contribution in [3.63, 3.8) is 0 Å². The number of anilines is 1. The minimum absolute atomic E-state index is 0.0210. The molecule has 2 aromatic carbocycles. The minimum Gasteiger partial charge on any atom is -0.459 e. The molecule has 0 unspecified atom stereocenters. The molecule has 2 aromatic rings. The van der Waals surface area contributed by atoms with Crippen molar-refractivity contribution in [3.05, 3.63) is 78.1 Å². The van der Waals surface area contributed by atoms with Gasteiger partial charge in [0.05, 0.1) is 6.67 Å². The van der Waals surface area contributed by atoms with Crippen molar-refractivity contribution in [2.45, 2.75) is 50.4 Å². The maximum absolute atomic E-state index is 13.8. The third-order valence-corrected chi connectivity index (χ3v) is 8.09. The number of likely N-dealkylation sites (tertiary alicyclic amines) is 1. The molecule has 0 radical (unpaired) electrons. The molecule has 8 nitrogen and oxygen atoms in total. The van der Waals surface area contributed by atoms with Gasteiger partial charge in [0.25, 0.3) is 5.91 Å². The summed E-state index contributed by atoms with van der Waals surface area (Å²) >= 11 is 0. The van der Waals surface area contributed by atoms with E-state index in [1.54, 1.807) is 4.90 Å². The van der Waals surface area contributed by atoms with Crippen LogP contribution in [-0.4, -0.2) is 66.6 Å². The number of nitrogens with zero attached hydrogens (tertiary/aromatic N) is 2. The van der Waals surface area contributed by atoms with E-state index in [1.807, 2.05) is 61.5 Å². The van der Waals surface area contributed by atoms with Gasteiger partial charge in [-0.15, -0.1) is 0 Å². The van der Waals surface area contributed by atoms with E-state index >= 15 is 0 Å². The van der Waals surface area contributed by atoms with Crippen LogP contribution in [0.5, 0.6) is 0 Å². The molecule has 3 heterocycles. The molecule has 2 fully saturated rings. The Hall–Kier alpha value is -3.36. The van der Waals surface area contributed by atoms with E-state index in [2.05, 4.69) is 22.3 Å². The second kappa shape index (κ2) is 11.6. The minimum atomic E-state index is -0.657. The zero-order valence-electron chi connectivity index (χ0n) is 21.9. The van der Waals surface area contributed by atoms with Crippen LogP contribution in [0, 0.1) is 5.92 Å². The molecule has 2 N–H and O–H groups in total. The number of hydrogen-bond acceptors (Lipinski definition) is 6. The molecule has 0 aliphatic carbocycles. The number of aliphatic hydroxyl groups is 1. The van der Waals surface area contributed by atoms with E-state index in [1.165, 1.54) is 0 Å². The summed E-state index contributed by atoms with van der Waals surface area (Å²) in [5, 5.41) is 12.5. The third kappa shape index (κ3) is 5.02. The number of ether oxygens (including phenoxy) is 2. The quantitative estimate of drug-likeness (QED) is 0.556. The topological polar surface area (TPSA) is 91.3 Å². The van der Waals surface area contributed by atoms with Gasteiger partial charge in [-0.2, -0.15) is 0 Å². The standard InChI is InChI=1S/C30H37N3O5/c1-2-37-28-24(14-9-19-34)25(22-10-5-3-6-11-22)20-26(38-28)27(35)32-17-15-30(16-18-32)29(36)31-21-33(30)23-12-7-4-8-13-23/h3-8,10-13,20,24-25,28,34H,2,9,14-19,21H2,1H3,(H,31,36)/t24-,25-,28-/m0/s1. The molecule has 8 heteroatoms. The molecule has 2 saturated heterocycles. The first-order chi connectivity index (χ1) is 18.6. The van der Waals surface area contributed by atoms with Crippen LogP contribution in [0.15, 0.2) is 72.5 Å². The Balaban J connectivity index is 1.36. The fourth-order valence-corrected chi connectivity index (χ4v) is 6.08. The number of carbonyl (C=O) groups excluding carboxylic acids is 2. The summed E-state index contributed by atoms with van der Waals surface area (Å²) in [5.41, 5.74) is 1.44. The number of rotatable bonds is 8. The molecule has 38 heavy (non-hydrogen) atoms. The van der Waals surface area contributed by atoms with Gasteiger partial charge in [-0.25, -0.2) is 0 Å². The highest BCUT2D eigenvalue weighted by Gasteiger charge is 2.51.